The second-order valence-corrected chi connectivity index (χ2v) is 9.25. The van der Waals surface area contributed by atoms with Crippen LogP contribution >= 0.6 is 0 Å². The maximum absolute atomic E-state index is 13.3. The first-order valence-electron chi connectivity index (χ1n) is 13.2. The van der Waals surface area contributed by atoms with Gasteiger partial charge >= 0.3 is 5.97 Å². The lowest BCUT2D eigenvalue weighted by molar-refractivity contribution is -0.136. The van der Waals surface area contributed by atoms with Gasteiger partial charge in [0.2, 0.25) is 5.88 Å². The number of fused-ring (bicyclic) bond motifs is 1. The van der Waals surface area contributed by atoms with Crippen LogP contribution in [0, 0.1) is 17.1 Å². The molecule has 9 heteroatoms. The van der Waals surface area contributed by atoms with Gasteiger partial charge in [-0.15, -0.1) is 0 Å². The van der Waals surface area contributed by atoms with E-state index in [1.807, 2.05) is 19.1 Å². The van der Waals surface area contributed by atoms with Gasteiger partial charge in [0.15, 0.2) is 18.1 Å². The van der Waals surface area contributed by atoms with E-state index in [0.29, 0.717) is 35.2 Å². The van der Waals surface area contributed by atoms with Crippen molar-refractivity contribution in [3.8, 4) is 34.8 Å². The number of nitriles is 1. The van der Waals surface area contributed by atoms with Crippen molar-refractivity contribution in [2.24, 2.45) is 5.73 Å². The molecule has 0 saturated carbocycles. The molecule has 1 heterocycles. The summed E-state index contributed by atoms with van der Waals surface area (Å²) in [5.74, 6) is 0.560. The highest BCUT2D eigenvalue weighted by atomic mass is 19.1. The van der Waals surface area contributed by atoms with E-state index in [-0.39, 0.29) is 36.2 Å². The van der Waals surface area contributed by atoms with Gasteiger partial charge in [-0.25, -0.2) is 9.18 Å². The monoisotopic (exact) mass is 566 g/mol. The largest absolute Gasteiger partial charge is 0.490 e. The average Bonchev–Trinajstić information content (AvgIpc) is 3.00. The number of esters is 1. The third-order valence-electron chi connectivity index (χ3n) is 6.43. The number of ether oxygens (including phenoxy) is 5. The Balaban J connectivity index is 1.38. The molecule has 0 saturated heterocycles. The minimum absolute atomic E-state index is 0.0551. The summed E-state index contributed by atoms with van der Waals surface area (Å²) in [6, 6.07) is 27.4. The van der Waals surface area contributed by atoms with Gasteiger partial charge in [-0.2, -0.15) is 5.26 Å². The third kappa shape index (κ3) is 6.45. The number of halogens is 1. The van der Waals surface area contributed by atoms with Crippen molar-refractivity contribution in [2.75, 3.05) is 13.2 Å². The number of nitrogens with two attached hydrogens (primary N) is 1. The minimum Gasteiger partial charge on any atom is -0.490 e. The van der Waals surface area contributed by atoms with Gasteiger partial charge in [0.05, 0.1) is 12.5 Å². The third-order valence-corrected chi connectivity index (χ3v) is 6.43. The van der Waals surface area contributed by atoms with Crippen molar-refractivity contribution in [1.82, 2.24) is 0 Å². The smallest absolute Gasteiger partial charge is 0.349 e. The fourth-order valence-corrected chi connectivity index (χ4v) is 4.50. The molecule has 4 aromatic rings. The second-order valence-electron chi connectivity index (χ2n) is 9.25. The predicted octanol–water partition coefficient (Wildman–Crippen LogP) is 6.01. The summed E-state index contributed by atoms with van der Waals surface area (Å²) < 4.78 is 41.8. The second kappa shape index (κ2) is 12.8. The summed E-state index contributed by atoms with van der Waals surface area (Å²) in [4.78, 5) is 12.4. The van der Waals surface area contributed by atoms with E-state index in [1.54, 1.807) is 66.7 Å². The first-order valence-corrected chi connectivity index (χ1v) is 13.2. The fraction of sp³-hybridized carbons (Fsp3) is 0.152. The molecule has 0 radical (unpaired) electrons. The Kier molecular flexibility index (Phi) is 8.54. The quantitative estimate of drug-likeness (QED) is 0.184. The molecule has 0 amide bonds. The van der Waals surface area contributed by atoms with Gasteiger partial charge in [-0.1, -0.05) is 42.5 Å². The summed E-state index contributed by atoms with van der Waals surface area (Å²) in [5.41, 5.74) is 8.57. The first-order chi connectivity index (χ1) is 20.4. The molecular formula is C33H27FN2O6. The molecule has 2 N–H and O–H groups in total. The Morgan fingerprint density at radius 3 is 2.45 bits per heavy atom. The zero-order valence-corrected chi connectivity index (χ0v) is 22.7. The molecule has 0 bridgehead atoms. The molecule has 1 atom stereocenters. The van der Waals surface area contributed by atoms with E-state index in [2.05, 4.69) is 6.07 Å². The standard InChI is InChI=1S/C33H27FN2O6/c1-2-38-30-16-22(10-15-28(30)40-19-21-8-11-23(34)12-9-21)32-26-14-13-25(17-29(26)42-33(36)27(32)18-35)41-31(37)20-39-24-6-4-3-5-7-24/h3-17,32H,2,19-20,36H2,1H3. The molecule has 8 nitrogen and oxygen atoms in total. The SMILES string of the molecule is CCOc1cc(C2C(C#N)=C(N)Oc3cc(OC(=O)COc4ccccc4)ccc32)ccc1OCc1ccc(F)cc1. The van der Waals surface area contributed by atoms with Crippen LogP contribution in [0.3, 0.4) is 0 Å². The van der Waals surface area contributed by atoms with Crippen LogP contribution in [0.2, 0.25) is 0 Å². The first kappa shape index (κ1) is 28.1. The Labute approximate surface area is 242 Å². The summed E-state index contributed by atoms with van der Waals surface area (Å²) >= 11 is 0. The Bertz CT molecular complexity index is 1650. The van der Waals surface area contributed by atoms with E-state index < -0.39 is 11.9 Å². The van der Waals surface area contributed by atoms with Crippen LogP contribution in [0.4, 0.5) is 4.39 Å². The number of carbonyl (C=O) groups is 1. The van der Waals surface area contributed by atoms with Crippen molar-refractivity contribution in [3.63, 3.8) is 0 Å². The molecule has 1 unspecified atom stereocenters. The van der Waals surface area contributed by atoms with Crippen molar-refractivity contribution >= 4 is 5.97 Å². The van der Waals surface area contributed by atoms with Crippen LogP contribution in [-0.2, 0) is 11.4 Å². The normalized spacial score (nSPS) is 13.8. The van der Waals surface area contributed by atoms with E-state index in [4.69, 9.17) is 29.4 Å². The van der Waals surface area contributed by atoms with Crippen molar-refractivity contribution in [2.45, 2.75) is 19.4 Å². The number of hydrogen-bond donors (Lipinski definition) is 1. The van der Waals surface area contributed by atoms with Crippen LogP contribution in [0.15, 0.2) is 102 Å². The van der Waals surface area contributed by atoms with Gasteiger partial charge in [-0.05, 0) is 60.5 Å². The highest BCUT2D eigenvalue weighted by Gasteiger charge is 2.32. The number of allylic oxidation sites excluding steroid dienone is 1. The molecule has 212 valence electrons. The number of para-hydroxylation sites is 1. The summed E-state index contributed by atoms with van der Waals surface area (Å²) in [7, 11) is 0. The molecule has 0 spiro atoms. The molecule has 1 aliphatic rings. The molecule has 0 aromatic heterocycles. The Hall–Kier alpha value is -5.49. The highest BCUT2D eigenvalue weighted by Crippen LogP contribution is 2.45. The van der Waals surface area contributed by atoms with Crippen LogP contribution < -0.4 is 29.4 Å². The van der Waals surface area contributed by atoms with Gasteiger partial charge in [0.1, 0.15) is 41.3 Å². The van der Waals surface area contributed by atoms with Gasteiger partial charge in [0, 0.05) is 11.6 Å². The zero-order chi connectivity index (χ0) is 29.5. The lowest BCUT2D eigenvalue weighted by Crippen LogP contribution is -2.22. The van der Waals surface area contributed by atoms with E-state index >= 15 is 0 Å². The molecule has 4 aromatic carbocycles. The summed E-state index contributed by atoms with van der Waals surface area (Å²) in [6.07, 6.45) is 0. The zero-order valence-electron chi connectivity index (χ0n) is 22.7. The lowest BCUT2D eigenvalue weighted by atomic mass is 9.83. The van der Waals surface area contributed by atoms with Crippen LogP contribution in [0.5, 0.6) is 28.7 Å². The predicted molar refractivity (Wildman–Crippen MR) is 152 cm³/mol. The topological polar surface area (TPSA) is 113 Å². The lowest BCUT2D eigenvalue weighted by Gasteiger charge is -2.27. The number of rotatable bonds is 10. The minimum atomic E-state index is -0.593. The van der Waals surface area contributed by atoms with Crippen LogP contribution in [0.25, 0.3) is 0 Å². The van der Waals surface area contributed by atoms with Crippen molar-refractivity contribution < 1.29 is 32.9 Å². The van der Waals surface area contributed by atoms with Crippen molar-refractivity contribution in [3.05, 3.63) is 125 Å². The number of nitrogens with zero attached hydrogens (tertiary/aromatic N) is 1. The summed E-state index contributed by atoms with van der Waals surface area (Å²) in [6.45, 7) is 2.17. The molecule has 1 aliphatic heterocycles. The van der Waals surface area contributed by atoms with Crippen molar-refractivity contribution in [1.29, 1.82) is 5.26 Å². The van der Waals surface area contributed by atoms with Gasteiger partial charge in [-0.3, -0.25) is 0 Å². The number of hydrogen-bond acceptors (Lipinski definition) is 8. The fourth-order valence-electron chi connectivity index (χ4n) is 4.50. The molecule has 42 heavy (non-hydrogen) atoms. The Morgan fingerprint density at radius 2 is 1.71 bits per heavy atom. The van der Waals surface area contributed by atoms with Crippen LogP contribution in [0.1, 0.15) is 29.5 Å². The maximum Gasteiger partial charge on any atom is 0.349 e. The maximum atomic E-state index is 13.3. The number of benzene rings is 4. The molecule has 5 rings (SSSR count). The summed E-state index contributed by atoms with van der Waals surface area (Å²) in [5, 5.41) is 9.97. The van der Waals surface area contributed by atoms with E-state index in [9.17, 15) is 14.4 Å². The molecular weight excluding hydrogens is 539 g/mol. The molecule has 0 fully saturated rings. The average molecular weight is 567 g/mol. The van der Waals surface area contributed by atoms with Gasteiger partial charge < -0.3 is 29.4 Å². The number of carbonyl (C=O) groups excluding carboxylic acids is 1. The highest BCUT2D eigenvalue weighted by molar-refractivity contribution is 5.74. The van der Waals surface area contributed by atoms with E-state index in [0.717, 1.165) is 11.1 Å². The molecule has 0 aliphatic carbocycles. The Morgan fingerprint density at radius 1 is 0.929 bits per heavy atom. The van der Waals surface area contributed by atoms with Gasteiger partial charge in [0.25, 0.3) is 0 Å². The van der Waals surface area contributed by atoms with E-state index in [1.165, 1.54) is 12.1 Å². The van der Waals surface area contributed by atoms with Crippen LogP contribution in [-0.4, -0.2) is 19.2 Å².